The highest BCUT2D eigenvalue weighted by atomic mass is 16.5. The van der Waals surface area contributed by atoms with Crippen LogP contribution in [-0.4, -0.2) is 21.5 Å². The van der Waals surface area contributed by atoms with Crippen molar-refractivity contribution in [3.8, 4) is 5.75 Å². The van der Waals surface area contributed by atoms with Gasteiger partial charge in [-0.1, -0.05) is 25.1 Å². The number of aliphatic hydroxyl groups excluding tert-OH is 1. The van der Waals surface area contributed by atoms with E-state index in [-0.39, 0.29) is 0 Å². The fourth-order valence-corrected chi connectivity index (χ4v) is 1.79. The summed E-state index contributed by atoms with van der Waals surface area (Å²) in [5, 5.41) is 14.0. The molecule has 2 aromatic rings. The van der Waals surface area contributed by atoms with Crippen LogP contribution in [0.2, 0.25) is 0 Å². The lowest BCUT2D eigenvalue weighted by molar-refractivity contribution is 0.166. The van der Waals surface area contributed by atoms with Gasteiger partial charge >= 0.3 is 0 Å². The first-order valence-corrected chi connectivity index (χ1v) is 6.18. The van der Waals surface area contributed by atoms with Gasteiger partial charge in [0.05, 0.1) is 12.6 Å². The smallest absolute Gasteiger partial charge is 0.125 e. The maximum absolute atomic E-state index is 9.90. The molecule has 1 aromatic heterocycles. The third-order valence-electron chi connectivity index (χ3n) is 2.80. The standard InChI is InChI=1S/C14H18N2O2/c1-2-13(17)12-6-3-4-7-14(12)18-11-10-16-9-5-8-15-16/h3-9,13,17H,2,10-11H2,1H3. The first kappa shape index (κ1) is 12.6. The molecule has 4 nitrogen and oxygen atoms in total. The molecule has 1 unspecified atom stereocenters. The Bertz CT molecular complexity index is 468. The largest absolute Gasteiger partial charge is 0.491 e. The third kappa shape index (κ3) is 3.11. The van der Waals surface area contributed by atoms with Crippen molar-refractivity contribution in [1.82, 2.24) is 9.78 Å². The maximum atomic E-state index is 9.90. The topological polar surface area (TPSA) is 47.3 Å². The summed E-state index contributed by atoms with van der Waals surface area (Å²) in [4.78, 5) is 0. The lowest BCUT2D eigenvalue weighted by Gasteiger charge is -2.14. The van der Waals surface area contributed by atoms with E-state index in [4.69, 9.17) is 4.74 Å². The van der Waals surface area contributed by atoms with Crippen molar-refractivity contribution in [1.29, 1.82) is 0 Å². The minimum atomic E-state index is -0.467. The first-order valence-electron chi connectivity index (χ1n) is 6.18. The second kappa shape index (κ2) is 6.21. The molecular formula is C14H18N2O2. The van der Waals surface area contributed by atoms with E-state index < -0.39 is 6.10 Å². The number of aliphatic hydroxyl groups is 1. The van der Waals surface area contributed by atoms with Gasteiger partial charge in [0.25, 0.3) is 0 Å². The highest BCUT2D eigenvalue weighted by Gasteiger charge is 2.10. The molecule has 0 amide bonds. The van der Waals surface area contributed by atoms with Crippen molar-refractivity contribution in [3.63, 3.8) is 0 Å². The van der Waals surface area contributed by atoms with Crippen LogP contribution >= 0.6 is 0 Å². The van der Waals surface area contributed by atoms with Crippen LogP contribution in [0.25, 0.3) is 0 Å². The summed E-state index contributed by atoms with van der Waals surface area (Å²) in [6.07, 6.45) is 3.86. The van der Waals surface area contributed by atoms with Crippen LogP contribution in [-0.2, 0) is 6.54 Å². The fraction of sp³-hybridized carbons (Fsp3) is 0.357. The van der Waals surface area contributed by atoms with Gasteiger partial charge in [0.2, 0.25) is 0 Å². The monoisotopic (exact) mass is 246 g/mol. The number of para-hydroxylation sites is 1. The number of ether oxygens (including phenoxy) is 1. The van der Waals surface area contributed by atoms with E-state index >= 15 is 0 Å². The molecule has 1 N–H and O–H groups in total. The summed E-state index contributed by atoms with van der Waals surface area (Å²) in [5.41, 5.74) is 0.848. The summed E-state index contributed by atoms with van der Waals surface area (Å²) < 4.78 is 7.53. The molecule has 18 heavy (non-hydrogen) atoms. The SMILES string of the molecule is CCC(O)c1ccccc1OCCn1cccn1. The van der Waals surface area contributed by atoms with Crippen LogP contribution in [0.15, 0.2) is 42.7 Å². The highest BCUT2D eigenvalue weighted by Crippen LogP contribution is 2.26. The van der Waals surface area contributed by atoms with Gasteiger partial charge < -0.3 is 9.84 Å². The second-order valence-electron chi connectivity index (χ2n) is 4.08. The Morgan fingerprint density at radius 3 is 2.89 bits per heavy atom. The van der Waals surface area contributed by atoms with E-state index in [9.17, 15) is 5.11 Å². The molecular weight excluding hydrogens is 228 g/mol. The van der Waals surface area contributed by atoms with E-state index in [2.05, 4.69) is 5.10 Å². The van der Waals surface area contributed by atoms with Crippen LogP contribution in [0.5, 0.6) is 5.75 Å². The van der Waals surface area contributed by atoms with Gasteiger partial charge in [0.1, 0.15) is 12.4 Å². The zero-order valence-electron chi connectivity index (χ0n) is 10.5. The summed E-state index contributed by atoms with van der Waals surface area (Å²) >= 11 is 0. The number of hydrogen-bond acceptors (Lipinski definition) is 3. The highest BCUT2D eigenvalue weighted by molar-refractivity contribution is 5.34. The molecule has 0 fully saturated rings. The Balaban J connectivity index is 1.96. The van der Waals surface area contributed by atoms with Gasteiger partial charge in [-0.3, -0.25) is 4.68 Å². The van der Waals surface area contributed by atoms with E-state index in [1.807, 2.05) is 48.1 Å². The van der Waals surface area contributed by atoms with Gasteiger partial charge in [-0.05, 0) is 18.6 Å². The van der Waals surface area contributed by atoms with Crippen LogP contribution in [0.3, 0.4) is 0 Å². The van der Waals surface area contributed by atoms with Crippen molar-refractivity contribution < 1.29 is 9.84 Å². The van der Waals surface area contributed by atoms with Gasteiger partial charge in [0.15, 0.2) is 0 Å². The molecule has 0 saturated heterocycles. The minimum absolute atomic E-state index is 0.467. The zero-order valence-corrected chi connectivity index (χ0v) is 10.5. The molecule has 4 heteroatoms. The third-order valence-corrected chi connectivity index (χ3v) is 2.80. The molecule has 1 heterocycles. The normalized spacial score (nSPS) is 12.3. The summed E-state index contributed by atoms with van der Waals surface area (Å²) in [6.45, 7) is 3.18. The number of hydrogen-bond donors (Lipinski definition) is 1. The van der Waals surface area contributed by atoms with Crippen molar-refractivity contribution in [3.05, 3.63) is 48.3 Å². The average Bonchev–Trinajstić information content (AvgIpc) is 2.92. The summed E-state index contributed by atoms with van der Waals surface area (Å²) in [6, 6.07) is 9.49. The molecule has 2 rings (SSSR count). The van der Waals surface area contributed by atoms with Crippen LogP contribution in [0.4, 0.5) is 0 Å². The molecule has 1 atom stereocenters. The number of nitrogens with zero attached hydrogens (tertiary/aromatic N) is 2. The van der Waals surface area contributed by atoms with Crippen molar-refractivity contribution >= 4 is 0 Å². The molecule has 0 aliphatic heterocycles. The second-order valence-corrected chi connectivity index (χ2v) is 4.08. The molecule has 0 saturated carbocycles. The Morgan fingerprint density at radius 1 is 1.33 bits per heavy atom. The van der Waals surface area contributed by atoms with Crippen molar-refractivity contribution in [2.24, 2.45) is 0 Å². The Kier molecular flexibility index (Phi) is 4.36. The molecule has 0 radical (unpaired) electrons. The number of aromatic nitrogens is 2. The summed E-state index contributed by atoms with van der Waals surface area (Å²) in [5.74, 6) is 0.749. The van der Waals surface area contributed by atoms with Gasteiger partial charge in [-0.15, -0.1) is 0 Å². The lowest BCUT2D eigenvalue weighted by atomic mass is 10.1. The zero-order chi connectivity index (χ0) is 12.8. The summed E-state index contributed by atoms with van der Waals surface area (Å²) in [7, 11) is 0. The van der Waals surface area contributed by atoms with Crippen LogP contribution in [0, 0.1) is 0 Å². The van der Waals surface area contributed by atoms with E-state index in [0.717, 1.165) is 11.3 Å². The number of rotatable bonds is 6. The molecule has 0 spiro atoms. The van der Waals surface area contributed by atoms with E-state index in [1.54, 1.807) is 6.20 Å². The maximum Gasteiger partial charge on any atom is 0.125 e. The molecule has 96 valence electrons. The van der Waals surface area contributed by atoms with Gasteiger partial charge in [-0.25, -0.2) is 0 Å². The molecule has 1 aromatic carbocycles. The first-order chi connectivity index (χ1) is 8.81. The molecule has 0 bridgehead atoms. The van der Waals surface area contributed by atoms with Crippen molar-refractivity contribution in [2.45, 2.75) is 26.0 Å². The van der Waals surface area contributed by atoms with Gasteiger partial charge in [-0.2, -0.15) is 5.10 Å². The predicted molar refractivity (Wildman–Crippen MR) is 69.4 cm³/mol. The van der Waals surface area contributed by atoms with Gasteiger partial charge in [0, 0.05) is 18.0 Å². The van der Waals surface area contributed by atoms with Crippen LogP contribution in [0.1, 0.15) is 25.0 Å². The number of benzene rings is 1. The van der Waals surface area contributed by atoms with Crippen molar-refractivity contribution in [2.75, 3.05) is 6.61 Å². The van der Waals surface area contributed by atoms with E-state index in [1.165, 1.54) is 0 Å². The quantitative estimate of drug-likeness (QED) is 0.851. The van der Waals surface area contributed by atoms with Crippen LogP contribution < -0.4 is 4.74 Å². The lowest BCUT2D eigenvalue weighted by Crippen LogP contribution is -2.10. The molecule has 0 aliphatic rings. The predicted octanol–water partition coefficient (Wildman–Crippen LogP) is 2.41. The fourth-order valence-electron chi connectivity index (χ4n) is 1.79. The Morgan fingerprint density at radius 2 is 2.17 bits per heavy atom. The Labute approximate surface area is 107 Å². The average molecular weight is 246 g/mol. The Hall–Kier alpha value is -1.81. The minimum Gasteiger partial charge on any atom is -0.491 e. The van der Waals surface area contributed by atoms with E-state index in [0.29, 0.717) is 19.6 Å². The molecule has 0 aliphatic carbocycles.